The van der Waals surface area contributed by atoms with E-state index in [0.29, 0.717) is 0 Å². The highest BCUT2D eigenvalue weighted by Gasteiger charge is 2.33. The summed E-state index contributed by atoms with van der Waals surface area (Å²) in [6.07, 6.45) is 5.25. The lowest BCUT2D eigenvalue weighted by Gasteiger charge is -2.38. The van der Waals surface area contributed by atoms with Crippen LogP contribution >= 0.6 is 24.0 Å². The first kappa shape index (κ1) is 21.2. The highest BCUT2D eigenvalue weighted by atomic mass is 35.5. The molecule has 2 nitrogen and oxygen atoms in total. The molecule has 1 aliphatic rings. The molecule has 1 heterocycles. The van der Waals surface area contributed by atoms with Crippen molar-refractivity contribution < 1.29 is 4.74 Å². The molecule has 1 aliphatic heterocycles. The minimum absolute atomic E-state index is 0. The Labute approximate surface area is 168 Å². The summed E-state index contributed by atoms with van der Waals surface area (Å²) < 4.78 is 6.73. The van der Waals surface area contributed by atoms with Crippen molar-refractivity contribution in [1.82, 2.24) is 4.90 Å². The lowest BCUT2D eigenvalue weighted by Crippen LogP contribution is -2.42. The molecule has 2 aromatic carbocycles. The number of halogens is 2. The molecule has 0 amide bonds. The monoisotopic (exact) mass is 393 g/mol. The maximum absolute atomic E-state index is 6.73. The predicted molar refractivity (Wildman–Crippen MR) is 112 cm³/mol. The van der Waals surface area contributed by atoms with Crippen LogP contribution in [0.5, 0.6) is 0 Å². The van der Waals surface area contributed by atoms with Gasteiger partial charge in [-0.05, 0) is 49.9 Å². The second kappa shape index (κ2) is 9.75. The number of rotatable bonds is 5. The number of likely N-dealkylation sites (tertiary alicyclic amines) is 1. The van der Waals surface area contributed by atoms with Crippen LogP contribution in [0, 0.1) is 0 Å². The Morgan fingerprint density at radius 2 is 1.42 bits per heavy atom. The van der Waals surface area contributed by atoms with Gasteiger partial charge in [-0.15, -0.1) is 12.4 Å². The molecule has 1 saturated heterocycles. The van der Waals surface area contributed by atoms with Crippen LogP contribution in [0.4, 0.5) is 0 Å². The molecule has 3 rings (SSSR count). The second-order valence-corrected chi connectivity index (χ2v) is 7.51. The van der Waals surface area contributed by atoms with Crippen LogP contribution < -0.4 is 0 Å². The van der Waals surface area contributed by atoms with Gasteiger partial charge in [-0.3, -0.25) is 4.90 Å². The zero-order chi connectivity index (χ0) is 17.7. The smallest absolute Gasteiger partial charge is 0.117 e. The topological polar surface area (TPSA) is 12.5 Å². The highest BCUT2D eigenvalue weighted by molar-refractivity contribution is 6.30. The van der Waals surface area contributed by atoms with Crippen molar-refractivity contribution in [3.05, 3.63) is 70.7 Å². The second-order valence-electron chi connectivity index (χ2n) is 7.07. The Kier molecular flexibility index (Phi) is 7.97. The van der Waals surface area contributed by atoms with Crippen molar-refractivity contribution in [1.29, 1.82) is 0 Å². The largest absolute Gasteiger partial charge is 0.348 e. The van der Waals surface area contributed by atoms with Crippen LogP contribution in [0.3, 0.4) is 0 Å². The molecule has 0 aromatic heterocycles. The SMILES string of the molecule is CC(OC(C)(c1ccccc1)c1ccc(Cl)cc1)N1CCCCCC1.Cl. The Bertz CT molecular complexity index is 654. The van der Waals surface area contributed by atoms with E-state index in [-0.39, 0.29) is 18.6 Å². The Morgan fingerprint density at radius 1 is 0.885 bits per heavy atom. The molecular weight excluding hydrogens is 365 g/mol. The molecule has 0 saturated carbocycles. The third-order valence-electron chi connectivity index (χ3n) is 5.28. The standard InChI is InChI=1S/C22H28ClNO.ClH/c1-18(24-16-8-3-4-9-17-24)25-22(2,19-10-6-5-7-11-19)20-12-14-21(23)15-13-20;/h5-7,10-15,18H,3-4,8-9,16-17H2,1-2H3;1H. The van der Waals surface area contributed by atoms with E-state index in [4.69, 9.17) is 16.3 Å². The van der Waals surface area contributed by atoms with Crippen LogP contribution in [-0.4, -0.2) is 24.2 Å². The molecule has 2 aromatic rings. The van der Waals surface area contributed by atoms with Gasteiger partial charge in [-0.1, -0.05) is 66.9 Å². The van der Waals surface area contributed by atoms with E-state index in [1.807, 2.05) is 18.2 Å². The molecule has 0 bridgehead atoms. The number of benzene rings is 2. The number of hydrogen-bond donors (Lipinski definition) is 0. The summed E-state index contributed by atoms with van der Waals surface area (Å²) >= 11 is 6.10. The Hall–Kier alpha value is -1.06. The van der Waals surface area contributed by atoms with Crippen molar-refractivity contribution in [3.63, 3.8) is 0 Å². The quantitative estimate of drug-likeness (QED) is 0.593. The normalized spacial score (nSPS) is 19.0. The maximum atomic E-state index is 6.73. The van der Waals surface area contributed by atoms with Gasteiger partial charge < -0.3 is 4.74 Å². The Morgan fingerprint density at radius 3 is 2.00 bits per heavy atom. The summed E-state index contributed by atoms with van der Waals surface area (Å²) in [5, 5.41) is 0.750. The molecule has 0 aliphatic carbocycles. The van der Waals surface area contributed by atoms with E-state index in [0.717, 1.165) is 23.7 Å². The average Bonchev–Trinajstić information content (AvgIpc) is 2.92. The minimum atomic E-state index is -0.502. The van der Waals surface area contributed by atoms with Gasteiger partial charge >= 0.3 is 0 Å². The zero-order valence-electron chi connectivity index (χ0n) is 15.7. The molecule has 26 heavy (non-hydrogen) atoms. The van der Waals surface area contributed by atoms with Gasteiger partial charge in [0.15, 0.2) is 0 Å². The fourth-order valence-corrected chi connectivity index (χ4v) is 3.83. The van der Waals surface area contributed by atoms with Crippen molar-refractivity contribution in [3.8, 4) is 0 Å². The third-order valence-corrected chi connectivity index (χ3v) is 5.53. The van der Waals surface area contributed by atoms with E-state index in [2.05, 4.69) is 55.1 Å². The summed E-state index contributed by atoms with van der Waals surface area (Å²) in [4.78, 5) is 2.48. The van der Waals surface area contributed by atoms with E-state index >= 15 is 0 Å². The van der Waals surface area contributed by atoms with Crippen molar-refractivity contribution in [2.45, 2.75) is 51.4 Å². The van der Waals surface area contributed by atoms with Crippen LogP contribution in [0.25, 0.3) is 0 Å². The number of hydrogen-bond acceptors (Lipinski definition) is 2. The van der Waals surface area contributed by atoms with Gasteiger partial charge in [0.25, 0.3) is 0 Å². The molecule has 2 atom stereocenters. The lowest BCUT2D eigenvalue weighted by molar-refractivity contribution is -0.124. The summed E-state index contributed by atoms with van der Waals surface area (Å²) in [6, 6.07) is 18.5. The molecule has 1 fully saturated rings. The average molecular weight is 394 g/mol. The summed E-state index contributed by atoms with van der Waals surface area (Å²) in [6.45, 7) is 6.58. The van der Waals surface area contributed by atoms with Gasteiger partial charge in [-0.2, -0.15) is 0 Å². The fraction of sp³-hybridized carbons (Fsp3) is 0.455. The first-order valence-electron chi connectivity index (χ1n) is 9.33. The molecule has 0 radical (unpaired) electrons. The molecule has 0 spiro atoms. The van der Waals surface area contributed by atoms with Crippen LogP contribution in [0.15, 0.2) is 54.6 Å². The summed E-state index contributed by atoms with van der Waals surface area (Å²) in [5.74, 6) is 0. The zero-order valence-corrected chi connectivity index (χ0v) is 17.2. The van der Waals surface area contributed by atoms with Crippen LogP contribution in [-0.2, 0) is 10.3 Å². The van der Waals surface area contributed by atoms with Gasteiger partial charge in [-0.25, -0.2) is 0 Å². The van der Waals surface area contributed by atoms with Crippen LogP contribution in [0.2, 0.25) is 5.02 Å². The molecule has 0 N–H and O–H groups in total. The number of nitrogens with zero attached hydrogens (tertiary/aromatic N) is 1. The van der Waals surface area contributed by atoms with E-state index in [1.165, 1.54) is 31.2 Å². The lowest BCUT2D eigenvalue weighted by atomic mass is 9.88. The van der Waals surface area contributed by atoms with Crippen molar-refractivity contribution in [2.24, 2.45) is 0 Å². The summed E-state index contributed by atoms with van der Waals surface area (Å²) in [7, 11) is 0. The molecular formula is C22H29Cl2NO. The molecule has 4 heteroatoms. The summed E-state index contributed by atoms with van der Waals surface area (Å²) in [5.41, 5.74) is 1.79. The highest BCUT2D eigenvalue weighted by Crippen LogP contribution is 2.35. The Balaban J connectivity index is 0.00000243. The van der Waals surface area contributed by atoms with E-state index in [9.17, 15) is 0 Å². The third kappa shape index (κ3) is 5.01. The van der Waals surface area contributed by atoms with Crippen molar-refractivity contribution in [2.75, 3.05) is 13.1 Å². The van der Waals surface area contributed by atoms with Gasteiger partial charge in [0, 0.05) is 18.1 Å². The van der Waals surface area contributed by atoms with Gasteiger partial charge in [0.1, 0.15) is 11.8 Å². The predicted octanol–water partition coefficient (Wildman–Crippen LogP) is 6.26. The van der Waals surface area contributed by atoms with E-state index in [1.54, 1.807) is 0 Å². The minimum Gasteiger partial charge on any atom is -0.348 e. The molecule has 142 valence electrons. The van der Waals surface area contributed by atoms with Crippen molar-refractivity contribution >= 4 is 24.0 Å². The van der Waals surface area contributed by atoms with Gasteiger partial charge in [0.2, 0.25) is 0 Å². The van der Waals surface area contributed by atoms with Gasteiger partial charge in [0.05, 0.1) is 0 Å². The van der Waals surface area contributed by atoms with E-state index < -0.39 is 5.60 Å². The maximum Gasteiger partial charge on any atom is 0.117 e. The number of ether oxygens (including phenoxy) is 1. The molecule has 2 unspecified atom stereocenters. The van der Waals surface area contributed by atoms with Crippen LogP contribution in [0.1, 0.15) is 50.7 Å². The first-order chi connectivity index (χ1) is 12.1. The first-order valence-corrected chi connectivity index (χ1v) is 9.71. The fourth-order valence-electron chi connectivity index (χ4n) is 3.70.